The fourth-order valence-corrected chi connectivity index (χ4v) is 1.66. The summed E-state index contributed by atoms with van der Waals surface area (Å²) >= 11 is 0. The van der Waals surface area contributed by atoms with Crippen molar-refractivity contribution in [3.63, 3.8) is 0 Å². The van der Waals surface area contributed by atoms with Gasteiger partial charge in [-0.25, -0.2) is 0 Å². The van der Waals surface area contributed by atoms with E-state index in [1.165, 1.54) is 0 Å². The summed E-state index contributed by atoms with van der Waals surface area (Å²) in [5, 5.41) is 11.1. The standard InChI is InChI=1S/C14H26N4O/c1-11(2)6-7-14(19)15-8-5-9-18-10-13(12(3)4)16-17-18/h10-12H,5-9H2,1-4H3,(H,15,19). The van der Waals surface area contributed by atoms with Crippen molar-refractivity contribution >= 4 is 5.91 Å². The molecule has 1 aromatic rings. The van der Waals surface area contributed by atoms with E-state index in [2.05, 4.69) is 43.3 Å². The minimum absolute atomic E-state index is 0.148. The first-order valence-corrected chi connectivity index (χ1v) is 7.15. The lowest BCUT2D eigenvalue weighted by atomic mass is 10.1. The molecule has 0 atom stereocenters. The van der Waals surface area contributed by atoms with Crippen LogP contribution in [-0.4, -0.2) is 27.4 Å². The van der Waals surface area contributed by atoms with Crippen molar-refractivity contribution in [1.82, 2.24) is 20.3 Å². The van der Waals surface area contributed by atoms with Crippen molar-refractivity contribution in [2.45, 2.75) is 59.4 Å². The highest BCUT2D eigenvalue weighted by Crippen LogP contribution is 2.09. The Labute approximate surface area is 115 Å². The molecule has 19 heavy (non-hydrogen) atoms. The van der Waals surface area contributed by atoms with Crippen molar-refractivity contribution < 1.29 is 4.79 Å². The van der Waals surface area contributed by atoms with Crippen molar-refractivity contribution in [1.29, 1.82) is 0 Å². The Morgan fingerprint density at radius 1 is 1.37 bits per heavy atom. The number of nitrogens with zero attached hydrogens (tertiary/aromatic N) is 3. The molecule has 0 aliphatic rings. The molecule has 0 unspecified atom stereocenters. The summed E-state index contributed by atoms with van der Waals surface area (Å²) in [5.41, 5.74) is 1.01. The zero-order valence-corrected chi connectivity index (χ0v) is 12.5. The molecule has 0 bridgehead atoms. The fourth-order valence-electron chi connectivity index (χ4n) is 1.66. The lowest BCUT2D eigenvalue weighted by molar-refractivity contribution is -0.121. The van der Waals surface area contributed by atoms with Crippen LogP contribution in [0, 0.1) is 5.92 Å². The number of hydrogen-bond donors (Lipinski definition) is 1. The number of carbonyl (C=O) groups excluding carboxylic acids is 1. The van der Waals surface area contributed by atoms with Gasteiger partial charge in [0.2, 0.25) is 5.91 Å². The molecule has 1 amide bonds. The number of nitrogens with one attached hydrogen (secondary N) is 1. The van der Waals surface area contributed by atoms with E-state index in [1.807, 2.05) is 10.9 Å². The van der Waals surface area contributed by atoms with Crippen LogP contribution in [0.1, 0.15) is 58.6 Å². The highest BCUT2D eigenvalue weighted by molar-refractivity contribution is 5.75. The first-order chi connectivity index (χ1) is 8.99. The predicted octanol–water partition coefficient (Wildman–Crippen LogP) is 2.34. The average molecular weight is 266 g/mol. The molecule has 1 N–H and O–H groups in total. The van der Waals surface area contributed by atoms with Gasteiger partial charge in [-0.05, 0) is 24.7 Å². The quantitative estimate of drug-likeness (QED) is 0.735. The van der Waals surface area contributed by atoms with Crippen molar-refractivity contribution in [2.75, 3.05) is 6.54 Å². The Balaban J connectivity index is 2.14. The van der Waals surface area contributed by atoms with Crippen molar-refractivity contribution in [2.24, 2.45) is 5.92 Å². The molecular weight excluding hydrogens is 240 g/mol. The normalized spacial score (nSPS) is 11.3. The maximum atomic E-state index is 11.5. The Bertz CT molecular complexity index is 385. The third-order valence-electron chi connectivity index (χ3n) is 2.98. The van der Waals surface area contributed by atoms with Gasteiger partial charge in [0.25, 0.3) is 0 Å². The summed E-state index contributed by atoms with van der Waals surface area (Å²) in [6.45, 7) is 9.96. The average Bonchev–Trinajstić information content (AvgIpc) is 2.81. The molecule has 0 radical (unpaired) electrons. The molecule has 5 heteroatoms. The first-order valence-electron chi connectivity index (χ1n) is 7.15. The lowest BCUT2D eigenvalue weighted by Crippen LogP contribution is -2.25. The third-order valence-corrected chi connectivity index (χ3v) is 2.98. The monoisotopic (exact) mass is 266 g/mol. The van der Waals surface area contributed by atoms with Gasteiger partial charge in [-0.3, -0.25) is 9.48 Å². The minimum Gasteiger partial charge on any atom is -0.356 e. The number of hydrogen-bond acceptors (Lipinski definition) is 3. The second kappa shape index (κ2) is 7.92. The molecule has 1 rings (SSSR count). The summed E-state index contributed by atoms with van der Waals surface area (Å²) in [6.07, 6.45) is 4.44. The molecule has 1 heterocycles. The van der Waals surface area contributed by atoms with E-state index in [0.29, 0.717) is 24.8 Å². The molecule has 0 aromatic carbocycles. The summed E-state index contributed by atoms with van der Waals surface area (Å²) in [5.74, 6) is 1.13. The van der Waals surface area contributed by atoms with E-state index in [0.717, 1.165) is 25.1 Å². The number of rotatable bonds is 8. The van der Waals surface area contributed by atoms with Gasteiger partial charge in [0.1, 0.15) is 0 Å². The van der Waals surface area contributed by atoms with Gasteiger partial charge in [-0.15, -0.1) is 5.10 Å². The van der Waals surface area contributed by atoms with E-state index < -0.39 is 0 Å². The molecule has 5 nitrogen and oxygen atoms in total. The smallest absolute Gasteiger partial charge is 0.220 e. The van der Waals surface area contributed by atoms with Gasteiger partial charge in [-0.2, -0.15) is 0 Å². The van der Waals surface area contributed by atoms with E-state index >= 15 is 0 Å². The van der Waals surface area contributed by atoms with Crippen LogP contribution >= 0.6 is 0 Å². The Morgan fingerprint density at radius 3 is 2.68 bits per heavy atom. The molecule has 0 saturated heterocycles. The summed E-state index contributed by atoms with van der Waals surface area (Å²) < 4.78 is 1.84. The lowest BCUT2D eigenvalue weighted by Gasteiger charge is -2.06. The number of aromatic nitrogens is 3. The van der Waals surface area contributed by atoms with Gasteiger partial charge in [-0.1, -0.05) is 32.9 Å². The van der Waals surface area contributed by atoms with Crippen LogP contribution in [0.4, 0.5) is 0 Å². The third kappa shape index (κ3) is 6.36. The van der Waals surface area contributed by atoms with E-state index in [1.54, 1.807) is 0 Å². The largest absolute Gasteiger partial charge is 0.356 e. The fraction of sp³-hybridized carbons (Fsp3) is 0.786. The van der Waals surface area contributed by atoms with Gasteiger partial charge < -0.3 is 5.32 Å². The summed E-state index contributed by atoms with van der Waals surface area (Å²) in [4.78, 5) is 11.5. The molecule has 0 aliphatic heterocycles. The van der Waals surface area contributed by atoms with Crippen LogP contribution in [0.15, 0.2) is 6.20 Å². The van der Waals surface area contributed by atoms with Crippen LogP contribution in [0.2, 0.25) is 0 Å². The Kier molecular flexibility index (Phi) is 6.53. The van der Waals surface area contributed by atoms with Crippen LogP contribution in [-0.2, 0) is 11.3 Å². The van der Waals surface area contributed by atoms with Gasteiger partial charge in [0.05, 0.1) is 5.69 Å². The number of carbonyl (C=O) groups is 1. The minimum atomic E-state index is 0.148. The first kappa shape index (κ1) is 15.7. The molecule has 0 aliphatic carbocycles. The molecule has 0 spiro atoms. The number of aryl methyl sites for hydroxylation is 1. The van der Waals surface area contributed by atoms with Gasteiger partial charge in [0.15, 0.2) is 0 Å². The van der Waals surface area contributed by atoms with Crippen LogP contribution < -0.4 is 5.32 Å². The Hall–Kier alpha value is -1.39. The van der Waals surface area contributed by atoms with E-state index in [-0.39, 0.29) is 5.91 Å². The highest BCUT2D eigenvalue weighted by atomic mass is 16.1. The van der Waals surface area contributed by atoms with Gasteiger partial charge >= 0.3 is 0 Å². The molecular formula is C14H26N4O. The van der Waals surface area contributed by atoms with Crippen molar-refractivity contribution in [3.05, 3.63) is 11.9 Å². The second-order valence-corrected chi connectivity index (χ2v) is 5.70. The highest BCUT2D eigenvalue weighted by Gasteiger charge is 2.05. The maximum absolute atomic E-state index is 11.5. The molecule has 0 fully saturated rings. The summed E-state index contributed by atoms with van der Waals surface area (Å²) in [7, 11) is 0. The number of amides is 1. The van der Waals surface area contributed by atoms with Gasteiger partial charge in [0, 0.05) is 25.7 Å². The zero-order chi connectivity index (χ0) is 14.3. The molecule has 108 valence electrons. The summed E-state index contributed by atoms with van der Waals surface area (Å²) in [6, 6.07) is 0. The van der Waals surface area contributed by atoms with Crippen LogP contribution in [0.5, 0.6) is 0 Å². The predicted molar refractivity (Wildman–Crippen MR) is 75.8 cm³/mol. The maximum Gasteiger partial charge on any atom is 0.220 e. The zero-order valence-electron chi connectivity index (χ0n) is 12.5. The van der Waals surface area contributed by atoms with E-state index in [9.17, 15) is 4.79 Å². The molecule has 1 aromatic heterocycles. The van der Waals surface area contributed by atoms with Crippen LogP contribution in [0.3, 0.4) is 0 Å². The topological polar surface area (TPSA) is 59.8 Å². The molecule has 0 saturated carbocycles. The van der Waals surface area contributed by atoms with Crippen LogP contribution in [0.25, 0.3) is 0 Å². The second-order valence-electron chi connectivity index (χ2n) is 5.70. The SMILES string of the molecule is CC(C)CCC(=O)NCCCn1cc(C(C)C)nn1. The van der Waals surface area contributed by atoms with Crippen molar-refractivity contribution in [3.8, 4) is 0 Å². The van der Waals surface area contributed by atoms with E-state index in [4.69, 9.17) is 0 Å². The Morgan fingerprint density at radius 2 is 2.11 bits per heavy atom.